The summed E-state index contributed by atoms with van der Waals surface area (Å²) in [6.07, 6.45) is 4.39. The maximum atomic E-state index is 5.34. The zero-order valence-corrected chi connectivity index (χ0v) is 13.5. The molecule has 0 aliphatic heterocycles. The second kappa shape index (κ2) is 8.10. The summed E-state index contributed by atoms with van der Waals surface area (Å²) in [6.45, 7) is 5.34. The lowest BCUT2D eigenvalue weighted by Gasteiger charge is -2.24. The molecule has 0 saturated carbocycles. The minimum atomic E-state index is 0.243. The normalized spacial score (nSPS) is 13.9. The van der Waals surface area contributed by atoms with Gasteiger partial charge in [0.05, 0.1) is 13.3 Å². The molecule has 0 saturated heterocycles. The molecule has 4 nitrogen and oxygen atoms in total. The molecule has 0 fully saturated rings. The molecule has 1 aromatic heterocycles. The molecule has 0 amide bonds. The fourth-order valence-corrected chi connectivity index (χ4v) is 3.10. The third-order valence-corrected chi connectivity index (χ3v) is 4.30. The molecule has 2 atom stereocenters. The van der Waals surface area contributed by atoms with E-state index in [-0.39, 0.29) is 6.04 Å². The van der Waals surface area contributed by atoms with Crippen LogP contribution in [0.4, 0.5) is 0 Å². The van der Waals surface area contributed by atoms with E-state index in [2.05, 4.69) is 36.3 Å². The highest BCUT2D eigenvalue weighted by Gasteiger charge is 2.21. The number of rotatable bonds is 8. The molecule has 0 radical (unpaired) electrons. The fraction of sp³-hybridized carbons (Fsp3) is 0.438. The first kappa shape index (κ1) is 15.9. The highest BCUT2D eigenvalue weighted by Crippen LogP contribution is 2.31. The Morgan fingerprint density at radius 2 is 2.10 bits per heavy atom. The Hall–Kier alpha value is -1.46. The van der Waals surface area contributed by atoms with E-state index in [0.29, 0.717) is 10.5 Å². The third-order valence-electron chi connectivity index (χ3n) is 3.25. The van der Waals surface area contributed by atoms with Crippen LogP contribution in [0, 0.1) is 0 Å². The Morgan fingerprint density at radius 3 is 2.67 bits per heavy atom. The Bertz CT molecular complexity index is 514. The predicted molar refractivity (Wildman–Crippen MR) is 85.9 cm³/mol. The monoisotopic (exact) mass is 306 g/mol. The molecule has 0 aliphatic carbocycles. The number of benzene rings is 1. The van der Waals surface area contributed by atoms with Crippen LogP contribution in [0.15, 0.2) is 46.4 Å². The maximum absolute atomic E-state index is 5.34. The summed E-state index contributed by atoms with van der Waals surface area (Å²) in [5, 5.41) is 4.62. The number of hydrogen-bond acceptors (Lipinski definition) is 5. The molecule has 1 heterocycles. The second-order valence-electron chi connectivity index (χ2n) is 4.83. The molecule has 0 spiro atoms. The number of thioether (sulfide) groups is 1. The van der Waals surface area contributed by atoms with Crippen LogP contribution < -0.4 is 10.1 Å². The van der Waals surface area contributed by atoms with Crippen LogP contribution >= 0.6 is 11.8 Å². The lowest BCUT2D eigenvalue weighted by molar-refractivity contribution is 0.414. The van der Waals surface area contributed by atoms with Crippen LogP contribution in [0.1, 0.15) is 31.9 Å². The van der Waals surface area contributed by atoms with E-state index in [1.165, 1.54) is 5.56 Å². The molecule has 5 heteroatoms. The number of nitrogens with zero attached hydrogens (tertiary/aromatic N) is 1. The summed E-state index contributed by atoms with van der Waals surface area (Å²) >= 11 is 1.64. The Kier molecular flexibility index (Phi) is 6.14. The molecule has 1 N–H and O–H groups in total. The minimum absolute atomic E-state index is 0.243. The average Bonchev–Trinajstić information content (AvgIpc) is 3.01. The van der Waals surface area contributed by atoms with Crippen LogP contribution in [0.2, 0.25) is 0 Å². The third kappa shape index (κ3) is 4.51. The van der Waals surface area contributed by atoms with Crippen molar-refractivity contribution < 1.29 is 9.15 Å². The molecule has 0 bridgehead atoms. The van der Waals surface area contributed by atoms with Crippen LogP contribution in [-0.2, 0) is 0 Å². The highest BCUT2D eigenvalue weighted by atomic mass is 32.2. The number of methoxy groups -OCH3 is 1. The number of aromatic nitrogens is 1. The molecule has 2 aromatic rings. The second-order valence-corrected chi connectivity index (χ2v) is 6.15. The zero-order chi connectivity index (χ0) is 15.1. The average molecular weight is 306 g/mol. The standard InChI is InChI=1S/C16H22N2O2S/c1-4-9-17-15(12(2)21-16-18-10-11-20-16)13-5-7-14(19-3)8-6-13/h5-8,10-12,15,17H,4,9H2,1-3H3. The van der Waals surface area contributed by atoms with E-state index in [4.69, 9.17) is 9.15 Å². The van der Waals surface area contributed by atoms with Gasteiger partial charge in [-0.25, -0.2) is 4.98 Å². The van der Waals surface area contributed by atoms with E-state index in [9.17, 15) is 0 Å². The first-order valence-corrected chi connectivity index (χ1v) is 8.06. The van der Waals surface area contributed by atoms with Gasteiger partial charge in [0, 0.05) is 11.3 Å². The van der Waals surface area contributed by atoms with Gasteiger partial charge in [0.1, 0.15) is 12.0 Å². The summed E-state index contributed by atoms with van der Waals surface area (Å²) in [5.41, 5.74) is 1.25. The first-order valence-electron chi connectivity index (χ1n) is 7.18. The van der Waals surface area contributed by atoms with Gasteiger partial charge in [-0.2, -0.15) is 0 Å². The molecule has 114 valence electrons. The maximum Gasteiger partial charge on any atom is 0.255 e. The van der Waals surface area contributed by atoms with E-state index in [0.717, 1.165) is 18.7 Å². The lowest BCUT2D eigenvalue weighted by Crippen LogP contribution is -2.29. The zero-order valence-electron chi connectivity index (χ0n) is 12.7. The van der Waals surface area contributed by atoms with Gasteiger partial charge < -0.3 is 14.5 Å². The lowest BCUT2D eigenvalue weighted by atomic mass is 10.0. The number of hydrogen-bond donors (Lipinski definition) is 1. The minimum Gasteiger partial charge on any atom is -0.497 e. The van der Waals surface area contributed by atoms with Crippen LogP contribution in [0.5, 0.6) is 5.75 Å². The summed E-state index contributed by atoms with van der Waals surface area (Å²) in [7, 11) is 1.68. The van der Waals surface area contributed by atoms with Crippen molar-refractivity contribution in [2.24, 2.45) is 0 Å². The molecular formula is C16H22N2O2S. The molecule has 2 unspecified atom stereocenters. The molecule has 0 aliphatic rings. The van der Waals surface area contributed by atoms with Crippen molar-refractivity contribution >= 4 is 11.8 Å². The smallest absolute Gasteiger partial charge is 0.255 e. The van der Waals surface area contributed by atoms with Gasteiger partial charge >= 0.3 is 0 Å². The van der Waals surface area contributed by atoms with Crippen molar-refractivity contribution in [3.05, 3.63) is 42.3 Å². The summed E-state index contributed by atoms with van der Waals surface area (Å²) < 4.78 is 10.6. The molecular weight excluding hydrogens is 284 g/mol. The number of nitrogens with one attached hydrogen (secondary N) is 1. The van der Waals surface area contributed by atoms with Gasteiger partial charge in [-0.1, -0.05) is 37.7 Å². The predicted octanol–water partition coefficient (Wildman–Crippen LogP) is 3.90. The molecule has 2 rings (SSSR count). The highest BCUT2D eigenvalue weighted by molar-refractivity contribution is 7.99. The first-order chi connectivity index (χ1) is 10.2. The van der Waals surface area contributed by atoms with Crippen LogP contribution in [-0.4, -0.2) is 23.9 Å². The van der Waals surface area contributed by atoms with Gasteiger partial charge in [-0.15, -0.1) is 0 Å². The summed E-state index contributed by atoms with van der Waals surface area (Å²) in [6, 6.07) is 8.46. The van der Waals surface area contributed by atoms with Crippen molar-refractivity contribution in [2.75, 3.05) is 13.7 Å². The quantitative estimate of drug-likeness (QED) is 0.749. The Balaban J connectivity index is 2.11. The van der Waals surface area contributed by atoms with Crippen molar-refractivity contribution in [1.29, 1.82) is 0 Å². The van der Waals surface area contributed by atoms with Crippen molar-refractivity contribution in [3.63, 3.8) is 0 Å². The van der Waals surface area contributed by atoms with Gasteiger partial charge in [0.2, 0.25) is 0 Å². The molecule has 1 aromatic carbocycles. The summed E-state index contributed by atoms with van der Waals surface area (Å²) in [5.74, 6) is 0.876. The SMILES string of the molecule is CCCNC(c1ccc(OC)cc1)C(C)Sc1ncco1. The van der Waals surface area contributed by atoms with Crippen LogP contribution in [0.25, 0.3) is 0 Å². The van der Waals surface area contributed by atoms with Crippen molar-refractivity contribution in [2.45, 2.75) is 36.8 Å². The van der Waals surface area contributed by atoms with Crippen molar-refractivity contribution in [1.82, 2.24) is 10.3 Å². The van der Waals surface area contributed by atoms with Gasteiger partial charge in [0.15, 0.2) is 0 Å². The molecule has 21 heavy (non-hydrogen) atoms. The van der Waals surface area contributed by atoms with E-state index in [1.807, 2.05) is 12.1 Å². The fourth-order valence-electron chi connectivity index (χ4n) is 2.16. The Labute approximate surface area is 130 Å². The largest absolute Gasteiger partial charge is 0.497 e. The Morgan fingerprint density at radius 1 is 1.33 bits per heavy atom. The van der Waals surface area contributed by atoms with E-state index < -0.39 is 0 Å². The van der Waals surface area contributed by atoms with E-state index >= 15 is 0 Å². The van der Waals surface area contributed by atoms with Gasteiger partial charge in [-0.05, 0) is 30.7 Å². The van der Waals surface area contributed by atoms with E-state index in [1.54, 1.807) is 31.3 Å². The summed E-state index contributed by atoms with van der Waals surface area (Å²) in [4.78, 5) is 4.19. The number of ether oxygens (including phenoxy) is 1. The van der Waals surface area contributed by atoms with Gasteiger partial charge in [-0.3, -0.25) is 0 Å². The topological polar surface area (TPSA) is 47.3 Å². The number of oxazole rings is 1. The van der Waals surface area contributed by atoms with Crippen molar-refractivity contribution in [3.8, 4) is 5.75 Å². The van der Waals surface area contributed by atoms with Crippen LogP contribution in [0.3, 0.4) is 0 Å². The van der Waals surface area contributed by atoms with Gasteiger partial charge in [0.25, 0.3) is 5.22 Å².